The van der Waals surface area contributed by atoms with Gasteiger partial charge >= 0.3 is 11.9 Å². The number of carbonyl (C=O) groups is 7. The highest BCUT2D eigenvalue weighted by atomic mass is 16.4. The zero-order chi connectivity index (χ0) is 23.4. The van der Waals surface area contributed by atoms with Crippen LogP contribution in [0.4, 0.5) is 0 Å². The average molecular weight is 430 g/mol. The van der Waals surface area contributed by atoms with Crippen LogP contribution < -0.4 is 21.3 Å². The van der Waals surface area contributed by atoms with Crippen LogP contribution in [0, 0.1) is 5.92 Å². The minimum atomic E-state index is -1.39. The van der Waals surface area contributed by atoms with Crippen LogP contribution in [0.3, 0.4) is 0 Å². The van der Waals surface area contributed by atoms with Crippen LogP contribution in [0.5, 0.6) is 0 Å². The van der Waals surface area contributed by atoms with Gasteiger partial charge in [-0.2, -0.15) is 0 Å². The topological polar surface area (TPSA) is 208 Å². The number of hydrogen-bond acceptors (Lipinski definition) is 7. The molecule has 6 N–H and O–H groups in total. The molecule has 0 aliphatic rings. The number of carboxylic acid groups (broad SMARTS) is 2. The van der Waals surface area contributed by atoms with E-state index in [1.807, 2.05) is 0 Å². The van der Waals surface area contributed by atoms with Crippen molar-refractivity contribution in [3.63, 3.8) is 0 Å². The number of amides is 4. The van der Waals surface area contributed by atoms with Crippen molar-refractivity contribution in [3.05, 3.63) is 0 Å². The van der Waals surface area contributed by atoms with E-state index in [9.17, 15) is 33.6 Å². The second-order valence-corrected chi connectivity index (χ2v) is 6.71. The molecule has 0 aromatic rings. The van der Waals surface area contributed by atoms with Gasteiger partial charge in [-0.25, -0.2) is 0 Å². The molecule has 0 aromatic heterocycles. The quantitative estimate of drug-likeness (QED) is 0.169. The Morgan fingerprint density at radius 3 is 1.87 bits per heavy atom. The van der Waals surface area contributed by atoms with E-state index in [2.05, 4.69) is 21.3 Å². The van der Waals surface area contributed by atoms with Gasteiger partial charge in [-0.3, -0.25) is 28.8 Å². The maximum atomic E-state index is 12.3. The number of carboxylic acids is 2. The van der Waals surface area contributed by atoms with E-state index in [1.165, 1.54) is 0 Å². The first-order valence-corrected chi connectivity index (χ1v) is 8.90. The summed E-state index contributed by atoms with van der Waals surface area (Å²) in [5.41, 5.74) is 0. The predicted octanol–water partition coefficient (Wildman–Crippen LogP) is -2.62. The summed E-state index contributed by atoms with van der Waals surface area (Å²) in [7, 11) is 0. The van der Waals surface area contributed by atoms with E-state index >= 15 is 0 Å². The molecular weight excluding hydrogens is 404 g/mol. The van der Waals surface area contributed by atoms with Crippen LogP contribution in [0.25, 0.3) is 0 Å². The van der Waals surface area contributed by atoms with Gasteiger partial charge in [0.1, 0.15) is 18.4 Å². The molecule has 0 rings (SSSR count). The predicted molar refractivity (Wildman–Crippen MR) is 99.9 cm³/mol. The summed E-state index contributed by atoms with van der Waals surface area (Å²) in [5.74, 6) is -6.20. The fraction of sp³-hybridized carbons (Fsp3) is 0.588. The van der Waals surface area contributed by atoms with Crippen molar-refractivity contribution in [3.8, 4) is 0 Å². The monoisotopic (exact) mass is 430 g/mol. The first-order valence-electron chi connectivity index (χ1n) is 8.90. The van der Waals surface area contributed by atoms with Gasteiger partial charge in [-0.05, 0) is 5.92 Å². The van der Waals surface area contributed by atoms with Crippen LogP contribution in [-0.2, 0) is 33.6 Å². The van der Waals surface area contributed by atoms with E-state index in [-0.39, 0.29) is 6.29 Å². The third-order valence-corrected chi connectivity index (χ3v) is 3.65. The van der Waals surface area contributed by atoms with E-state index in [0.29, 0.717) is 0 Å². The number of hydrogen-bond donors (Lipinski definition) is 6. The SMILES string of the molecule is CC(=O)NC(CC(=O)O)C(=O)NCC(=O)NC(C(=O)NC(C=O)CC(=O)O)C(C)C. The Labute approximate surface area is 171 Å². The molecule has 0 aromatic carbocycles. The molecule has 13 nitrogen and oxygen atoms in total. The minimum absolute atomic E-state index is 0.260. The first-order chi connectivity index (χ1) is 13.9. The van der Waals surface area contributed by atoms with Gasteiger partial charge in [-0.1, -0.05) is 13.8 Å². The van der Waals surface area contributed by atoms with Crippen molar-refractivity contribution in [2.75, 3.05) is 6.54 Å². The van der Waals surface area contributed by atoms with Crippen LogP contribution >= 0.6 is 0 Å². The Hall–Kier alpha value is -3.51. The highest BCUT2D eigenvalue weighted by molar-refractivity contribution is 5.94. The lowest BCUT2D eigenvalue weighted by molar-refractivity contribution is -0.141. The van der Waals surface area contributed by atoms with Crippen LogP contribution in [0.15, 0.2) is 0 Å². The van der Waals surface area contributed by atoms with Gasteiger partial charge in [-0.15, -0.1) is 0 Å². The molecule has 3 atom stereocenters. The number of rotatable bonds is 13. The molecule has 0 aliphatic carbocycles. The lowest BCUT2D eigenvalue weighted by atomic mass is 10.0. The molecule has 0 saturated carbocycles. The second-order valence-electron chi connectivity index (χ2n) is 6.71. The molecule has 13 heteroatoms. The molecule has 0 bridgehead atoms. The molecule has 0 fully saturated rings. The van der Waals surface area contributed by atoms with Crippen molar-refractivity contribution >= 4 is 41.9 Å². The number of aldehydes is 1. The van der Waals surface area contributed by atoms with Crippen LogP contribution in [0.2, 0.25) is 0 Å². The van der Waals surface area contributed by atoms with Crippen molar-refractivity contribution in [1.82, 2.24) is 21.3 Å². The van der Waals surface area contributed by atoms with Crippen molar-refractivity contribution < 1.29 is 43.8 Å². The van der Waals surface area contributed by atoms with Gasteiger partial charge in [0.15, 0.2) is 0 Å². The highest BCUT2D eigenvalue weighted by Crippen LogP contribution is 2.03. The Kier molecular flexibility index (Phi) is 11.3. The summed E-state index contributed by atoms with van der Waals surface area (Å²) in [6.07, 6.45) is -1.06. The molecule has 3 unspecified atom stereocenters. The summed E-state index contributed by atoms with van der Waals surface area (Å²) in [6.45, 7) is 3.67. The normalized spacial score (nSPS) is 13.3. The summed E-state index contributed by atoms with van der Waals surface area (Å²) < 4.78 is 0. The van der Waals surface area contributed by atoms with Crippen LogP contribution in [-0.4, -0.2) is 76.7 Å². The summed E-state index contributed by atoms with van der Waals surface area (Å²) >= 11 is 0. The molecule has 0 radical (unpaired) electrons. The number of carbonyl (C=O) groups excluding carboxylic acids is 5. The third-order valence-electron chi connectivity index (χ3n) is 3.65. The van der Waals surface area contributed by atoms with E-state index in [4.69, 9.17) is 10.2 Å². The van der Waals surface area contributed by atoms with Gasteiger partial charge in [0, 0.05) is 6.92 Å². The highest BCUT2D eigenvalue weighted by Gasteiger charge is 2.28. The van der Waals surface area contributed by atoms with Gasteiger partial charge < -0.3 is 36.3 Å². The largest absolute Gasteiger partial charge is 0.481 e. The molecule has 0 heterocycles. The maximum absolute atomic E-state index is 12.3. The lowest BCUT2D eigenvalue weighted by Crippen LogP contribution is -2.55. The van der Waals surface area contributed by atoms with Gasteiger partial charge in [0.2, 0.25) is 23.6 Å². The summed E-state index contributed by atoms with van der Waals surface area (Å²) in [4.78, 5) is 79.9. The number of nitrogens with one attached hydrogen (secondary N) is 4. The minimum Gasteiger partial charge on any atom is -0.481 e. The molecule has 30 heavy (non-hydrogen) atoms. The van der Waals surface area contributed by atoms with Gasteiger partial charge in [0.25, 0.3) is 0 Å². The van der Waals surface area contributed by atoms with Gasteiger partial charge in [0.05, 0.1) is 25.4 Å². The third kappa shape index (κ3) is 10.7. The molecular formula is C17H26N4O9. The van der Waals surface area contributed by atoms with E-state index in [0.717, 1.165) is 6.92 Å². The van der Waals surface area contributed by atoms with Crippen molar-refractivity contribution in [2.45, 2.75) is 51.7 Å². The number of aliphatic carboxylic acids is 2. The summed E-state index contributed by atoms with van der Waals surface area (Å²) in [5, 5.41) is 26.4. The Morgan fingerprint density at radius 1 is 0.867 bits per heavy atom. The molecule has 0 spiro atoms. The molecule has 0 aliphatic heterocycles. The van der Waals surface area contributed by atoms with Crippen molar-refractivity contribution in [1.29, 1.82) is 0 Å². The van der Waals surface area contributed by atoms with E-state index in [1.54, 1.807) is 13.8 Å². The Balaban J connectivity index is 4.91. The standard InChI is InChI=1S/C17H26N4O9/c1-8(2)15(17(30)20-10(7-22)4-13(25)26)21-12(24)6-18-16(29)11(5-14(27)28)19-9(3)23/h7-8,10-11,15H,4-6H2,1-3H3,(H,18,29)(H,19,23)(H,20,30)(H,21,24)(H,25,26)(H,27,28). The smallest absolute Gasteiger partial charge is 0.305 e. The average Bonchev–Trinajstić information content (AvgIpc) is 2.61. The Morgan fingerprint density at radius 2 is 1.43 bits per heavy atom. The van der Waals surface area contributed by atoms with Crippen LogP contribution in [0.1, 0.15) is 33.6 Å². The fourth-order valence-electron chi connectivity index (χ4n) is 2.27. The zero-order valence-corrected chi connectivity index (χ0v) is 16.8. The second kappa shape index (κ2) is 12.9. The Bertz CT molecular complexity index is 677. The lowest BCUT2D eigenvalue weighted by Gasteiger charge is -2.23. The zero-order valence-electron chi connectivity index (χ0n) is 16.8. The molecule has 4 amide bonds. The molecule has 168 valence electrons. The first kappa shape index (κ1) is 26.5. The molecule has 0 saturated heterocycles. The van der Waals surface area contributed by atoms with E-state index < -0.39 is 79.0 Å². The fourth-order valence-corrected chi connectivity index (χ4v) is 2.27. The summed E-state index contributed by atoms with van der Waals surface area (Å²) in [6, 6.07) is -3.79. The van der Waals surface area contributed by atoms with Crippen molar-refractivity contribution in [2.24, 2.45) is 5.92 Å². The maximum Gasteiger partial charge on any atom is 0.305 e.